The number of hydrogen-bond donors (Lipinski definition) is 1. The number of allylic oxidation sites excluding steroid dienone is 1. The van der Waals surface area contributed by atoms with Gasteiger partial charge in [0, 0.05) is 0 Å². The van der Waals surface area contributed by atoms with Crippen LogP contribution in [0.2, 0.25) is 0 Å². The molecule has 1 aliphatic carbocycles. The zero-order chi connectivity index (χ0) is 14.1. The lowest BCUT2D eigenvalue weighted by molar-refractivity contribution is -0.0772. The minimum absolute atomic E-state index is 0.327. The van der Waals surface area contributed by atoms with Crippen LogP contribution in [-0.4, -0.2) is 40.4 Å². The Morgan fingerprint density at radius 3 is 2.63 bits per heavy atom. The van der Waals surface area contributed by atoms with E-state index in [9.17, 15) is 9.90 Å². The van der Waals surface area contributed by atoms with Gasteiger partial charge in [0.05, 0.1) is 13.1 Å². The molecule has 0 aromatic carbocycles. The number of aliphatic hydroxyl groups is 1. The van der Waals surface area contributed by atoms with Crippen LogP contribution in [0.3, 0.4) is 0 Å². The minimum Gasteiger partial charge on any atom is -0.444 e. The molecule has 1 saturated heterocycles. The largest absolute Gasteiger partial charge is 0.444 e. The van der Waals surface area contributed by atoms with E-state index in [4.69, 9.17) is 4.74 Å². The molecule has 0 bridgehead atoms. The molecule has 1 N–H and O–H groups in total. The van der Waals surface area contributed by atoms with E-state index >= 15 is 0 Å². The highest BCUT2D eigenvalue weighted by molar-refractivity contribution is 5.70. The van der Waals surface area contributed by atoms with E-state index < -0.39 is 11.2 Å². The van der Waals surface area contributed by atoms with Crippen molar-refractivity contribution in [2.24, 2.45) is 0 Å². The molecule has 0 atom stereocenters. The molecular weight excluding hydrogens is 242 g/mol. The summed E-state index contributed by atoms with van der Waals surface area (Å²) in [6.45, 7) is 6.29. The van der Waals surface area contributed by atoms with Crippen molar-refractivity contribution >= 4 is 6.09 Å². The van der Waals surface area contributed by atoms with E-state index in [1.807, 2.05) is 20.8 Å². The standard InChI is InChI=1S/C15H25NO3/c1-14(2,3)19-13(17)16-10-15(18,11-16)12-8-6-4-5-7-9-12/h8,18H,4-7,9-11H2,1-3H3. The Hall–Kier alpha value is -1.03. The Morgan fingerprint density at radius 1 is 1.32 bits per heavy atom. The highest BCUT2D eigenvalue weighted by Gasteiger charge is 2.47. The van der Waals surface area contributed by atoms with E-state index in [0.29, 0.717) is 13.1 Å². The van der Waals surface area contributed by atoms with Crippen LogP contribution in [0.15, 0.2) is 11.6 Å². The van der Waals surface area contributed by atoms with Crippen molar-refractivity contribution in [1.82, 2.24) is 4.90 Å². The van der Waals surface area contributed by atoms with Gasteiger partial charge in [0.25, 0.3) is 0 Å². The van der Waals surface area contributed by atoms with Crippen LogP contribution in [0.1, 0.15) is 52.9 Å². The van der Waals surface area contributed by atoms with Crippen LogP contribution in [0.4, 0.5) is 4.79 Å². The summed E-state index contributed by atoms with van der Waals surface area (Å²) in [5.74, 6) is 0. The normalized spacial score (nSPS) is 23.2. The van der Waals surface area contributed by atoms with Crippen LogP contribution >= 0.6 is 0 Å². The molecule has 0 aromatic heterocycles. The van der Waals surface area contributed by atoms with Gasteiger partial charge in [0.1, 0.15) is 11.2 Å². The monoisotopic (exact) mass is 267 g/mol. The van der Waals surface area contributed by atoms with E-state index in [1.54, 1.807) is 4.90 Å². The van der Waals surface area contributed by atoms with Gasteiger partial charge in [-0.2, -0.15) is 0 Å². The average Bonchev–Trinajstić information content (AvgIpc) is 2.50. The Morgan fingerprint density at radius 2 is 2.00 bits per heavy atom. The lowest BCUT2D eigenvalue weighted by Crippen LogP contribution is -2.64. The Kier molecular flexibility index (Phi) is 3.90. The van der Waals surface area contributed by atoms with Gasteiger partial charge in [-0.3, -0.25) is 0 Å². The number of carbonyl (C=O) groups excluding carboxylic acids is 1. The van der Waals surface area contributed by atoms with Crippen molar-refractivity contribution in [3.05, 3.63) is 11.6 Å². The first-order valence-electron chi connectivity index (χ1n) is 7.20. The van der Waals surface area contributed by atoms with Gasteiger partial charge in [-0.15, -0.1) is 0 Å². The summed E-state index contributed by atoms with van der Waals surface area (Å²) in [4.78, 5) is 13.4. The molecule has 108 valence electrons. The van der Waals surface area contributed by atoms with Gasteiger partial charge < -0.3 is 14.7 Å². The van der Waals surface area contributed by atoms with Crippen LogP contribution in [0.25, 0.3) is 0 Å². The zero-order valence-corrected chi connectivity index (χ0v) is 12.2. The highest BCUT2D eigenvalue weighted by Crippen LogP contribution is 2.34. The summed E-state index contributed by atoms with van der Waals surface area (Å²) in [6, 6.07) is 0. The average molecular weight is 267 g/mol. The molecule has 1 fully saturated rings. The molecular formula is C15H25NO3. The van der Waals surface area contributed by atoms with Gasteiger partial charge in [0.15, 0.2) is 0 Å². The predicted octanol–water partition coefficient (Wildman–Crippen LogP) is 2.86. The Labute approximate surface area is 115 Å². The van der Waals surface area contributed by atoms with Gasteiger partial charge in [-0.25, -0.2) is 4.79 Å². The maximum Gasteiger partial charge on any atom is 0.410 e. The molecule has 0 aromatic rings. The van der Waals surface area contributed by atoms with E-state index in [1.165, 1.54) is 12.8 Å². The van der Waals surface area contributed by atoms with Gasteiger partial charge in [0.2, 0.25) is 0 Å². The third kappa shape index (κ3) is 3.50. The van der Waals surface area contributed by atoms with Crippen LogP contribution in [0.5, 0.6) is 0 Å². The fraction of sp³-hybridized carbons (Fsp3) is 0.800. The Balaban J connectivity index is 1.90. The molecule has 0 unspecified atom stereocenters. The van der Waals surface area contributed by atoms with Crippen molar-refractivity contribution in [2.45, 2.75) is 64.1 Å². The number of amides is 1. The SMILES string of the molecule is CC(C)(C)OC(=O)N1CC(O)(C2=CCCCCC2)C1. The number of likely N-dealkylation sites (tertiary alicyclic amines) is 1. The molecule has 1 heterocycles. The van der Waals surface area contributed by atoms with Gasteiger partial charge >= 0.3 is 6.09 Å². The second-order valence-electron chi connectivity index (χ2n) is 6.70. The first-order chi connectivity index (χ1) is 8.80. The zero-order valence-electron chi connectivity index (χ0n) is 12.2. The summed E-state index contributed by atoms with van der Waals surface area (Å²) < 4.78 is 5.30. The van der Waals surface area contributed by atoms with E-state index in [0.717, 1.165) is 24.8 Å². The number of hydrogen-bond acceptors (Lipinski definition) is 3. The first-order valence-corrected chi connectivity index (χ1v) is 7.20. The lowest BCUT2D eigenvalue weighted by Gasteiger charge is -2.47. The predicted molar refractivity (Wildman–Crippen MR) is 73.9 cm³/mol. The van der Waals surface area contributed by atoms with Crippen molar-refractivity contribution in [3.8, 4) is 0 Å². The smallest absolute Gasteiger partial charge is 0.410 e. The molecule has 1 amide bonds. The molecule has 2 aliphatic rings. The van der Waals surface area contributed by atoms with E-state index in [2.05, 4.69) is 6.08 Å². The maximum atomic E-state index is 11.9. The van der Waals surface area contributed by atoms with Gasteiger partial charge in [-0.1, -0.05) is 12.5 Å². The summed E-state index contributed by atoms with van der Waals surface area (Å²) in [7, 11) is 0. The second-order valence-corrected chi connectivity index (χ2v) is 6.70. The lowest BCUT2D eigenvalue weighted by atomic mass is 9.83. The molecule has 2 rings (SSSR count). The number of nitrogens with zero attached hydrogens (tertiary/aromatic N) is 1. The van der Waals surface area contributed by atoms with Crippen molar-refractivity contribution in [3.63, 3.8) is 0 Å². The summed E-state index contributed by atoms with van der Waals surface area (Å²) in [5, 5.41) is 10.6. The number of rotatable bonds is 1. The van der Waals surface area contributed by atoms with Crippen LogP contribution < -0.4 is 0 Å². The third-order valence-corrected chi connectivity index (χ3v) is 3.70. The second kappa shape index (κ2) is 5.16. The molecule has 4 heteroatoms. The summed E-state index contributed by atoms with van der Waals surface area (Å²) in [6.07, 6.45) is 7.41. The minimum atomic E-state index is -0.804. The summed E-state index contributed by atoms with van der Waals surface area (Å²) in [5.41, 5.74) is -0.169. The number of β-amino-alcohol motifs (C(OH)–C–C–N with tert-alkyl or cyclic N) is 1. The number of ether oxygens (including phenoxy) is 1. The maximum absolute atomic E-state index is 11.9. The topological polar surface area (TPSA) is 49.8 Å². The molecule has 1 aliphatic heterocycles. The summed E-state index contributed by atoms with van der Waals surface area (Å²) >= 11 is 0. The third-order valence-electron chi connectivity index (χ3n) is 3.70. The fourth-order valence-electron chi connectivity index (χ4n) is 2.68. The van der Waals surface area contributed by atoms with E-state index in [-0.39, 0.29) is 6.09 Å². The van der Waals surface area contributed by atoms with Crippen LogP contribution in [0, 0.1) is 0 Å². The molecule has 0 spiro atoms. The number of carbonyl (C=O) groups is 1. The molecule has 0 radical (unpaired) electrons. The quantitative estimate of drug-likeness (QED) is 0.743. The highest BCUT2D eigenvalue weighted by atomic mass is 16.6. The van der Waals surface area contributed by atoms with Crippen molar-refractivity contribution < 1.29 is 14.6 Å². The molecule has 4 nitrogen and oxygen atoms in total. The van der Waals surface area contributed by atoms with Crippen molar-refractivity contribution in [2.75, 3.05) is 13.1 Å². The Bertz CT molecular complexity index is 375. The van der Waals surface area contributed by atoms with Gasteiger partial charge in [-0.05, 0) is 52.0 Å². The molecule has 19 heavy (non-hydrogen) atoms. The van der Waals surface area contributed by atoms with Crippen LogP contribution in [-0.2, 0) is 4.74 Å². The molecule has 0 saturated carbocycles. The van der Waals surface area contributed by atoms with Crippen molar-refractivity contribution in [1.29, 1.82) is 0 Å². The fourth-order valence-corrected chi connectivity index (χ4v) is 2.68. The first kappa shape index (κ1) is 14.4.